The van der Waals surface area contributed by atoms with E-state index in [4.69, 9.17) is 5.73 Å². The molecule has 1 amide bonds. The molecular weight excluding hydrogens is 356 g/mol. The van der Waals surface area contributed by atoms with Crippen LogP contribution in [0.2, 0.25) is 0 Å². The summed E-state index contributed by atoms with van der Waals surface area (Å²) in [5.74, 6) is -1.54. The quantitative estimate of drug-likeness (QED) is 0.548. The van der Waals surface area contributed by atoms with Crippen molar-refractivity contribution in [1.82, 2.24) is 14.6 Å². The Morgan fingerprint density at radius 1 is 1.19 bits per heavy atom. The third kappa shape index (κ3) is 3.46. The number of imidazole rings is 1. The Morgan fingerprint density at radius 2 is 1.93 bits per heavy atom. The molecule has 2 heterocycles. The monoisotopic (exact) mass is 373 g/mol. The molecule has 1 fully saturated rings. The summed E-state index contributed by atoms with van der Waals surface area (Å²) in [4.78, 5) is 15.4. The molecule has 8 nitrogen and oxygen atoms in total. The molecular formula is C17H17F2N7O. The first-order valence-corrected chi connectivity index (χ1v) is 8.35. The highest BCUT2D eigenvalue weighted by molar-refractivity contribution is 5.89. The molecule has 27 heavy (non-hydrogen) atoms. The lowest BCUT2D eigenvalue weighted by Crippen LogP contribution is -2.10. The molecule has 4 rings (SSSR count). The van der Waals surface area contributed by atoms with Gasteiger partial charge in [0.25, 0.3) is 0 Å². The van der Waals surface area contributed by atoms with E-state index in [0.717, 1.165) is 12.8 Å². The Bertz CT molecular complexity index is 1050. The number of benzene rings is 1. The number of nitrogens with zero attached hydrogens (tertiary/aromatic N) is 3. The van der Waals surface area contributed by atoms with E-state index in [1.807, 2.05) is 0 Å². The van der Waals surface area contributed by atoms with Crippen molar-refractivity contribution < 1.29 is 13.6 Å². The van der Waals surface area contributed by atoms with E-state index in [1.54, 1.807) is 6.07 Å². The van der Waals surface area contributed by atoms with Crippen LogP contribution in [0.25, 0.3) is 5.65 Å². The van der Waals surface area contributed by atoms with E-state index in [0.29, 0.717) is 29.3 Å². The van der Waals surface area contributed by atoms with Crippen molar-refractivity contribution in [3.8, 4) is 0 Å². The minimum absolute atomic E-state index is 0.0388. The minimum atomic E-state index is -0.869. The van der Waals surface area contributed by atoms with Crippen molar-refractivity contribution in [1.29, 1.82) is 0 Å². The molecule has 3 aromatic rings. The van der Waals surface area contributed by atoms with Crippen LogP contribution in [0.4, 0.5) is 37.5 Å². The fraction of sp³-hybridized carbons (Fsp3) is 0.235. The molecule has 0 atom stereocenters. The molecule has 5 N–H and O–H groups in total. The number of nitrogens with one attached hydrogen (secondary N) is 3. The van der Waals surface area contributed by atoms with Crippen LogP contribution in [0.5, 0.6) is 0 Å². The lowest BCUT2D eigenvalue weighted by molar-refractivity contribution is -0.114. The summed E-state index contributed by atoms with van der Waals surface area (Å²) in [6.07, 6.45) is 3.59. The third-order valence-electron chi connectivity index (χ3n) is 4.06. The highest BCUT2D eigenvalue weighted by Crippen LogP contribution is 2.31. The Morgan fingerprint density at radius 3 is 2.63 bits per heavy atom. The standard InChI is InChI=1S/C17H17F2N7O/c1-8(27)22-12-5-13(11(19)4-10(12)18)24-16-6-14(23-9-2-3-9)17-21-7-15(20)26(17)25-16/h4-7,9,23H,2-3,20H2,1H3,(H,22,27)(H,24,25). The number of fused-ring (bicyclic) bond motifs is 1. The Hall–Kier alpha value is -3.43. The van der Waals surface area contributed by atoms with Crippen LogP contribution in [0.1, 0.15) is 19.8 Å². The van der Waals surface area contributed by atoms with Gasteiger partial charge < -0.3 is 21.7 Å². The maximum absolute atomic E-state index is 14.2. The van der Waals surface area contributed by atoms with Gasteiger partial charge in [-0.25, -0.2) is 13.8 Å². The summed E-state index contributed by atoms with van der Waals surface area (Å²) in [5.41, 5.74) is 6.99. The summed E-state index contributed by atoms with van der Waals surface area (Å²) in [7, 11) is 0. The number of nitrogen functional groups attached to an aromatic ring is 1. The number of carbonyl (C=O) groups excluding carboxylic acids is 1. The van der Waals surface area contributed by atoms with Gasteiger partial charge in [0.05, 0.1) is 23.3 Å². The van der Waals surface area contributed by atoms with Crippen molar-refractivity contribution in [3.05, 3.63) is 36.0 Å². The number of aromatic nitrogens is 3. The van der Waals surface area contributed by atoms with E-state index in [9.17, 15) is 13.6 Å². The van der Waals surface area contributed by atoms with Gasteiger partial charge in [0.2, 0.25) is 5.91 Å². The molecule has 1 aliphatic rings. The van der Waals surface area contributed by atoms with Crippen LogP contribution in [-0.2, 0) is 4.79 Å². The third-order valence-corrected chi connectivity index (χ3v) is 4.06. The molecule has 0 saturated heterocycles. The van der Waals surface area contributed by atoms with Gasteiger partial charge in [-0.15, -0.1) is 5.10 Å². The maximum Gasteiger partial charge on any atom is 0.221 e. The van der Waals surface area contributed by atoms with Crippen molar-refractivity contribution in [3.63, 3.8) is 0 Å². The van der Waals surface area contributed by atoms with Gasteiger partial charge in [0, 0.05) is 25.1 Å². The fourth-order valence-electron chi connectivity index (χ4n) is 2.67. The van der Waals surface area contributed by atoms with Gasteiger partial charge in [0.1, 0.15) is 17.5 Å². The maximum atomic E-state index is 14.2. The zero-order valence-electron chi connectivity index (χ0n) is 14.4. The summed E-state index contributed by atoms with van der Waals surface area (Å²) in [6.45, 7) is 1.24. The number of amides is 1. The Kier molecular flexibility index (Phi) is 4.02. The second-order valence-electron chi connectivity index (χ2n) is 6.40. The van der Waals surface area contributed by atoms with E-state index in [1.165, 1.54) is 23.7 Å². The lowest BCUT2D eigenvalue weighted by atomic mass is 10.2. The Labute approximate surface area is 152 Å². The van der Waals surface area contributed by atoms with Crippen LogP contribution in [-0.4, -0.2) is 26.5 Å². The summed E-state index contributed by atoms with van der Waals surface area (Å²) in [6, 6.07) is 3.90. The van der Waals surface area contributed by atoms with Gasteiger partial charge in [-0.2, -0.15) is 4.52 Å². The lowest BCUT2D eigenvalue weighted by Gasteiger charge is -2.13. The van der Waals surface area contributed by atoms with Crippen molar-refractivity contribution in [2.24, 2.45) is 0 Å². The molecule has 0 radical (unpaired) electrons. The number of rotatable bonds is 5. The number of hydrogen-bond acceptors (Lipinski definition) is 6. The number of anilines is 5. The van der Waals surface area contributed by atoms with Crippen LogP contribution in [0.15, 0.2) is 24.4 Å². The normalized spacial score (nSPS) is 13.6. The molecule has 0 spiro atoms. The van der Waals surface area contributed by atoms with Gasteiger partial charge in [0.15, 0.2) is 11.5 Å². The average Bonchev–Trinajstić information content (AvgIpc) is 3.33. The molecule has 1 saturated carbocycles. The SMILES string of the molecule is CC(=O)Nc1cc(Nc2cc(NC3CC3)c3ncc(N)n3n2)c(F)cc1F. The molecule has 1 aromatic carbocycles. The molecule has 0 bridgehead atoms. The van der Waals surface area contributed by atoms with Crippen molar-refractivity contribution >= 4 is 40.3 Å². The molecule has 10 heteroatoms. The van der Waals surface area contributed by atoms with Gasteiger partial charge in [-0.05, 0) is 18.9 Å². The van der Waals surface area contributed by atoms with E-state index >= 15 is 0 Å². The molecule has 0 unspecified atom stereocenters. The zero-order valence-corrected chi connectivity index (χ0v) is 14.4. The zero-order chi connectivity index (χ0) is 19.1. The first-order chi connectivity index (χ1) is 12.9. The predicted molar refractivity (Wildman–Crippen MR) is 98.0 cm³/mol. The number of nitrogens with two attached hydrogens (primary N) is 1. The highest BCUT2D eigenvalue weighted by Gasteiger charge is 2.23. The van der Waals surface area contributed by atoms with Crippen LogP contribution >= 0.6 is 0 Å². The van der Waals surface area contributed by atoms with Gasteiger partial charge >= 0.3 is 0 Å². The molecule has 140 valence electrons. The van der Waals surface area contributed by atoms with Crippen molar-refractivity contribution in [2.75, 3.05) is 21.7 Å². The first-order valence-electron chi connectivity index (χ1n) is 8.35. The van der Waals surface area contributed by atoms with E-state index in [-0.39, 0.29) is 17.2 Å². The summed E-state index contributed by atoms with van der Waals surface area (Å²) >= 11 is 0. The van der Waals surface area contributed by atoms with E-state index < -0.39 is 17.5 Å². The number of halogens is 2. The highest BCUT2D eigenvalue weighted by atomic mass is 19.1. The largest absolute Gasteiger partial charge is 0.382 e. The average molecular weight is 373 g/mol. The molecule has 0 aliphatic heterocycles. The summed E-state index contributed by atoms with van der Waals surface area (Å²) < 4.78 is 29.5. The van der Waals surface area contributed by atoms with Crippen molar-refractivity contribution in [2.45, 2.75) is 25.8 Å². The Balaban J connectivity index is 1.72. The van der Waals surface area contributed by atoms with Crippen LogP contribution < -0.4 is 21.7 Å². The smallest absolute Gasteiger partial charge is 0.221 e. The topological polar surface area (TPSA) is 109 Å². The number of hydrogen-bond donors (Lipinski definition) is 4. The van der Waals surface area contributed by atoms with E-state index in [2.05, 4.69) is 26.0 Å². The fourth-order valence-corrected chi connectivity index (χ4v) is 2.67. The van der Waals surface area contributed by atoms with Gasteiger partial charge in [-0.1, -0.05) is 0 Å². The molecule has 2 aromatic heterocycles. The minimum Gasteiger partial charge on any atom is -0.382 e. The second kappa shape index (κ2) is 6.38. The second-order valence-corrected chi connectivity index (χ2v) is 6.40. The first kappa shape index (κ1) is 17.0. The van der Waals surface area contributed by atoms with Gasteiger partial charge in [-0.3, -0.25) is 4.79 Å². The molecule has 1 aliphatic carbocycles. The predicted octanol–water partition coefficient (Wildman–Crippen LogP) is 2.87. The number of carbonyl (C=O) groups is 1. The summed E-state index contributed by atoms with van der Waals surface area (Å²) in [5, 5.41) is 12.8. The van der Waals surface area contributed by atoms with Crippen LogP contribution in [0, 0.1) is 11.6 Å². The van der Waals surface area contributed by atoms with Crippen LogP contribution in [0.3, 0.4) is 0 Å².